The maximum atomic E-state index is 12.4. The van der Waals surface area contributed by atoms with Crippen LogP contribution >= 0.6 is 15.9 Å². The standard InChI is InChI=1S/C14H19BrN2O2/c1-19-10-4-5-12(15)11(8-10)13(18)17-14(9-16)6-2-3-7-14/h4-5,8H,2-3,6-7,9,16H2,1H3,(H,17,18). The van der Waals surface area contributed by atoms with Gasteiger partial charge in [0.2, 0.25) is 0 Å². The Morgan fingerprint density at radius 1 is 1.47 bits per heavy atom. The van der Waals surface area contributed by atoms with Gasteiger partial charge in [0.15, 0.2) is 0 Å². The van der Waals surface area contributed by atoms with Crippen molar-refractivity contribution in [1.82, 2.24) is 5.32 Å². The average molecular weight is 327 g/mol. The molecule has 0 spiro atoms. The zero-order chi connectivity index (χ0) is 13.9. The fourth-order valence-corrected chi connectivity index (χ4v) is 2.97. The Morgan fingerprint density at radius 2 is 2.16 bits per heavy atom. The van der Waals surface area contributed by atoms with Gasteiger partial charge in [0.25, 0.3) is 5.91 Å². The normalized spacial score (nSPS) is 17.2. The zero-order valence-corrected chi connectivity index (χ0v) is 12.6. The first-order chi connectivity index (χ1) is 9.10. The summed E-state index contributed by atoms with van der Waals surface area (Å²) in [6.07, 6.45) is 4.15. The van der Waals surface area contributed by atoms with E-state index in [0.717, 1.165) is 30.2 Å². The topological polar surface area (TPSA) is 64.3 Å². The maximum absolute atomic E-state index is 12.4. The lowest BCUT2D eigenvalue weighted by Crippen LogP contribution is -2.51. The average Bonchev–Trinajstić information content (AvgIpc) is 2.88. The number of benzene rings is 1. The highest BCUT2D eigenvalue weighted by Crippen LogP contribution is 2.30. The first kappa shape index (κ1) is 14.3. The number of hydrogen-bond acceptors (Lipinski definition) is 3. The van der Waals surface area contributed by atoms with E-state index in [9.17, 15) is 4.79 Å². The minimum Gasteiger partial charge on any atom is -0.497 e. The minimum absolute atomic E-state index is 0.0990. The lowest BCUT2D eigenvalue weighted by molar-refractivity contribution is 0.0902. The van der Waals surface area contributed by atoms with Crippen LogP contribution in [0.1, 0.15) is 36.0 Å². The van der Waals surface area contributed by atoms with E-state index in [1.54, 1.807) is 13.2 Å². The van der Waals surface area contributed by atoms with E-state index in [0.29, 0.717) is 17.9 Å². The number of methoxy groups -OCH3 is 1. The summed E-state index contributed by atoms with van der Waals surface area (Å²) in [5.41, 5.74) is 6.18. The number of ether oxygens (including phenoxy) is 1. The molecule has 0 unspecified atom stereocenters. The number of hydrogen-bond donors (Lipinski definition) is 2. The molecule has 19 heavy (non-hydrogen) atoms. The molecule has 0 bridgehead atoms. The zero-order valence-electron chi connectivity index (χ0n) is 11.0. The van der Waals surface area contributed by atoms with Crippen molar-refractivity contribution in [3.63, 3.8) is 0 Å². The summed E-state index contributed by atoms with van der Waals surface area (Å²) in [6, 6.07) is 5.37. The monoisotopic (exact) mass is 326 g/mol. The summed E-state index contributed by atoms with van der Waals surface area (Å²) in [5, 5.41) is 3.10. The van der Waals surface area contributed by atoms with E-state index in [1.165, 1.54) is 0 Å². The highest BCUT2D eigenvalue weighted by molar-refractivity contribution is 9.10. The molecule has 3 N–H and O–H groups in total. The molecule has 1 amide bonds. The van der Waals surface area contributed by atoms with Gasteiger partial charge in [-0.3, -0.25) is 4.79 Å². The second-order valence-electron chi connectivity index (χ2n) is 4.99. The lowest BCUT2D eigenvalue weighted by atomic mass is 9.97. The van der Waals surface area contributed by atoms with Gasteiger partial charge >= 0.3 is 0 Å². The van der Waals surface area contributed by atoms with Crippen molar-refractivity contribution >= 4 is 21.8 Å². The third kappa shape index (κ3) is 3.09. The van der Waals surface area contributed by atoms with Crippen molar-refractivity contribution in [1.29, 1.82) is 0 Å². The van der Waals surface area contributed by atoms with Gasteiger partial charge in [0.1, 0.15) is 5.75 Å². The van der Waals surface area contributed by atoms with Crippen molar-refractivity contribution in [2.45, 2.75) is 31.2 Å². The molecule has 0 heterocycles. The summed E-state index contributed by atoms with van der Waals surface area (Å²) < 4.78 is 5.92. The highest BCUT2D eigenvalue weighted by Gasteiger charge is 2.34. The highest BCUT2D eigenvalue weighted by atomic mass is 79.9. The molecule has 2 rings (SSSR count). The summed E-state index contributed by atoms with van der Waals surface area (Å²) in [5.74, 6) is 0.569. The molecule has 1 aliphatic rings. The molecule has 4 nitrogen and oxygen atoms in total. The molecule has 104 valence electrons. The molecule has 0 saturated heterocycles. The maximum Gasteiger partial charge on any atom is 0.253 e. The van der Waals surface area contributed by atoms with Crippen molar-refractivity contribution in [3.05, 3.63) is 28.2 Å². The smallest absolute Gasteiger partial charge is 0.253 e. The molecule has 0 aromatic heterocycles. The predicted molar refractivity (Wildman–Crippen MR) is 78.4 cm³/mol. The quantitative estimate of drug-likeness (QED) is 0.893. The molecular weight excluding hydrogens is 308 g/mol. The van der Waals surface area contributed by atoms with Crippen LogP contribution in [0.15, 0.2) is 22.7 Å². The Kier molecular flexibility index (Phi) is 4.47. The molecule has 1 fully saturated rings. The van der Waals surface area contributed by atoms with E-state index in [2.05, 4.69) is 21.2 Å². The Hall–Kier alpha value is -1.07. The molecular formula is C14H19BrN2O2. The third-order valence-corrected chi connectivity index (χ3v) is 4.44. The van der Waals surface area contributed by atoms with Crippen LogP contribution < -0.4 is 15.8 Å². The molecule has 1 aliphatic carbocycles. The van der Waals surface area contributed by atoms with Gasteiger partial charge in [-0.2, -0.15) is 0 Å². The van der Waals surface area contributed by atoms with Gasteiger partial charge in [0, 0.05) is 11.0 Å². The van der Waals surface area contributed by atoms with Gasteiger partial charge in [-0.15, -0.1) is 0 Å². The van der Waals surface area contributed by atoms with Gasteiger partial charge in [-0.25, -0.2) is 0 Å². The molecule has 1 aromatic rings. The van der Waals surface area contributed by atoms with Gasteiger partial charge < -0.3 is 15.8 Å². The predicted octanol–water partition coefficient (Wildman–Crippen LogP) is 2.46. The van der Waals surface area contributed by atoms with E-state index < -0.39 is 0 Å². The van der Waals surface area contributed by atoms with E-state index in [4.69, 9.17) is 10.5 Å². The van der Waals surface area contributed by atoms with Crippen molar-refractivity contribution in [2.75, 3.05) is 13.7 Å². The van der Waals surface area contributed by atoms with Crippen molar-refractivity contribution < 1.29 is 9.53 Å². The van der Waals surface area contributed by atoms with Crippen LogP contribution in [-0.4, -0.2) is 25.1 Å². The molecule has 1 aromatic carbocycles. The SMILES string of the molecule is COc1ccc(Br)c(C(=O)NC2(CN)CCCC2)c1. The Balaban J connectivity index is 2.19. The number of amides is 1. The summed E-state index contributed by atoms with van der Waals surface area (Å²) in [4.78, 5) is 12.4. The number of nitrogens with one attached hydrogen (secondary N) is 1. The van der Waals surface area contributed by atoms with Crippen molar-refractivity contribution in [3.8, 4) is 5.75 Å². The number of nitrogens with two attached hydrogens (primary N) is 1. The second-order valence-corrected chi connectivity index (χ2v) is 5.85. The number of halogens is 1. The van der Waals surface area contributed by atoms with Crippen LogP contribution in [-0.2, 0) is 0 Å². The van der Waals surface area contributed by atoms with Gasteiger partial charge in [-0.05, 0) is 47.0 Å². The fraction of sp³-hybridized carbons (Fsp3) is 0.500. The Labute approximate surface area is 121 Å². The number of rotatable bonds is 4. The molecule has 5 heteroatoms. The van der Waals surface area contributed by atoms with Crippen LogP contribution in [0.25, 0.3) is 0 Å². The summed E-state index contributed by atoms with van der Waals surface area (Å²) >= 11 is 3.40. The largest absolute Gasteiger partial charge is 0.497 e. The fourth-order valence-electron chi connectivity index (χ4n) is 2.55. The van der Waals surface area contributed by atoms with Crippen LogP contribution in [0.2, 0.25) is 0 Å². The summed E-state index contributed by atoms with van der Waals surface area (Å²) in [6.45, 7) is 0.486. The lowest BCUT2D eigenvalue weighted by Gasteiger charge is -2.29. The van der Waals surface area contributed by atoms with E-state index in [1.807, 2.05) is 12.1 Å². The van der Waals surface area contributed by atoms with E-state index in [-0.39, 0.29) is 11.4 Å². The minimum atomic E-state index is -0.237. The molecule has 1 saturated carbocycles. The second kappa shape index (κ2) is 5.92. The Bertz CT molecular complexity index is 471. The van der Waals surface area contributed by atoms with Crippen LogP contribution in [0.3, 0.4) is 0 Å². The van der Waals surface area contributed by atoms with Crippen LogP contribution in [0.4, 0.5) is 0 Å². The summed E-state index contributed by atoms with van der Waals surface area (Å²) in [7, 11) is 1.59. The number of carbonyl (C=O) groups excluding carboxylic acids is 1. The number of carbonyl (C=O) groups is 1. The van der Waals surface area contributed by atoms with Crippen molar-refractivity contribution in [2.24, 2.45) is 5.73 Å². The van der Waals surface area contributed by atoms with Crippen LogP contribution in [0.5, 0.6) is 5.75 Å². The Morgan fingerprint density at radius 3 is 2.74 bits per heavy atom. The van der Waals surface area contributed by atoms with Gasteiger partial charge in [0.05, 0.1) is 18.2 Å². The van der Waals surface area contributed by atoms with E-state index >= 15 is 0 Å². The van der Waals surface area contributed by atoms with Gasteiger partial charge in [-0.1, -0.05) is 12.8 Å². The van der Waals surface area contributed by atoms with Crippen LogP contribution in [0, 0.1) is 0 Å². The molecule has 0 aliphatic heterocycles. The third-order valence-electron chi connectivity index (χ3n) is 3.75. The molecule has 0 atom stereocenters. The molecule has 0 radical (unpaired) electrons. The first-order valence-electron chi connectivity index (χ1n) is 6.46. The first-order valence-corrected chi connectivity index (χ1v) is 7.26.